The number of hydrogen-bond donors (Lipinski definition) is 0. The third kappa shape index (κ3) is 2.36. The van der Waals surface area contributed by atoms with Crippen LogP contribution in [0.15, 0.2) is 12.2 Å². The molecule has 134 valence electrons. The highest BCUT2D eigenvalue weighted by atomic mass is 16.1. The van der Waals surface area contributed by atoms with Gasteiger partial charge in [-0.2, -0.15) is 0 Å². The first-order chi connectivity index (χ1) is 11.3. The largest absolute Gasteiger partial charge is 0.299 e. The molecule has 24 heavy (non-hydrogen) atoms. The third-order valence-corrected chi connectivity index (χ3v) is 9.14. The monoisotopic (exact) mass is 328 g/mol. The number of hydrogen-bond acceptors (Lipinski definition) is 1. The molecule has 0 N–H and O–H groups in total. The number of rotatable bonds is 1. The van der Waals surface area contributed by atoms with E-state index >= 15 is 0 Å². The molecule has 0 aliphatic heterocycles. The molecule has 0 bridgehead atoms. The second-order valence-corrected chi connectivity index (χ2v) is 10.4. The van der Waals surface area contributed by atoms with E-state index in [9.17, 15) is 4.79 Å². The van der Waals surface area contributed by atoms with E-state index in [1.165, 1.54) is 56.9 Å². The Morgan fingerprint density at radius 3 is 2.54 bits per heavy atom. The van der Waals surface area contributed by atoms with Gasteiger partial charge in [-0.3, -0.25) is 4.79 Å². The van der Waals surface area contributed by atoms with Crippen LogP contribution in [0.5, 0.6) is 0 Å². The summed E-state index contributed by atoms with van der Waals surface area (Å²) in [4.78, 5) is 12.9. The molecule has 0 radical (unpaired) electrons. The van der Waals surface area contributed by atoms with E-state index in [2.05, 4.69) is 27.4 Å². The van der Waals surface area contributed by atoms with Crippen molar-refractivity contribution < 1.29 is 4.79 Å². The van der Waals surface area contributed by atoms with Gasteiger partial charge in [0.1, 0.15) is 5.78 Å². The first-order valence-electron chi connectivity index (χ1n) is 10.5. The average molecular weight is 329 g/mol. The molecule has 1 heteroatoms. The van der Waals surface area contributed by atoms with Crippen molar-refractivity contribution in [3.05, 3.63) is 12.2 Å². The van der Waals surface area contributed by atoms with Crippen LogP contribution in [0.4, 0.5) is 0 Å². The molecule has 0 heterocycles. The van der Waals surface area contributed by atoms with Gasteiger partial charge in [-0.1, -0.05) is 26.0 Å². The highest BCUT2D eigenvalue weighted by molar-refractivity contribution is 5.83. The van der Waals surface area contributed by atoms with Crippen LogP contribution in [-0.2, 0) is 4.79 Å². The maximum absolute atomic E-state index is 12.9. The number of Topliss-reactive ketones (excluding diaryl/α,β-unsaturated/α-hetero) is 1. The molecular weight excluding hydrogens is 292 g/mol. The molecule has 0 unspecified atom stereocenters. The Kier molecular flexibility index (Phi) is 4.01. The second kappa shape index (κ2) is 5.71. The minimum atomic E-state index is 0.314. The van der Waals surface area contributed by atoms with Crippen LogP contribution in [0.2, 0.25) is 0 Å². The average Bonchev–Trinajstić information content (AvgIpc) is 2.54. The second-order valence-electron chi connectivity index (χ2n) is 10.4. The van der Waals surface area contributed by atoms with Crippen molar-refractivity contribution in [2.75, 3.05) is 0 Å². The smallest absolute Gasteiger partial charge is 0.136 e. The molecule has 0 spiro atoms. The van der Waals surface area contributed by atoms with Gasteiger partial charge in [0.2, 0.25) is 0 Å². The predicted molar refractivity (Wildman–Crippen MR) is 99.7 cm³/mol. The molecular formula is C23H36O. The molecule has 4 aliphatic rings. The van der Waals surface area contributed by atoms with E-state index in [0.717, 1.165) is 30.6 Å². The van der Waals surface area contributed by atoms with Crippen LogP contribution in [0.25, 0.3) is 0 Å². The van der Waals surface area contributed by atoms with E-state index in [1.54, 1.807) is 0 Å². The fraction of sp³-hybridized carbons (Fsp3) is 0.870. The van der Waals surface area contributed by atoms with Gasteiger partial charge in [0, 0.05) is 12.3 Å². The van der Waals surface area contributed by atoms with E-state index in [4.69, 9.17) is 0 Å². The van der Waals surface area contributed by atoms with Crippen molar-refractivity contribution in [1.29, 1.82) is 0 Å². The number of allylic oxidation sites excluding steroid dienone is 1. The maximum Gasteiger partial charge on any atom is 0.136 e. The molecule has 7 atom stereocenters. The summed E-state index contributed by atoms with van der Waals surface area (Å²) >= 11 is 0. The van der Waals surface area contributed by atoms with Gasteiger partial charge in [0.25, 0.3) is 0 Å². The first-order valence-corrected chi connectivity index (χ1v) is 10.5. The summed E-state index contributed by atoms with van der Waals surface area (Å²) in [5.41, 5.74) is 2.12. The number of carbonyl (C=O) groups excluding carboxylic acids is 1. The van der Waals surface area contributed by atoms with E-state index < -0.39 is 0 Å². The van der Waals surface area contributed by atoms with Gasteiger partial charge < -0.3 is 0 Å². The zero-order chi connectivity index (χ0) is 17.1. The van der Waals surface area contributed by atoms with Crippen molar-refractivity contribution >= 4 is 5.78 Å². The lowest BCUT2D eigenvalue weighted by atomic mass is 9.41. The Balaban J connectivity index is 1.66. The van der Waals surface area contributed by atoms with Crippen molar-refractivity contribution in [2.24, 2.45) is 40.4 Å². The van der Waals surface area contributed by atoms with Crippen LogP contribution in [0.1, 0.15) is 85.0 Å². The molecule has 4 aliphatic carbocycles. The molecule has 4 rings (SSSR count). The summed E-state index contributed by atoms with van der Waals surface area (Å²) in [5, 5.41) is 0. The van der Waals surface area contributed by atoms with Gasteiger partial charge in [0.15, 0.2) is 0 Å². The molecule has 1 nitrogen and oxygen atoms in total. The molecule has 4 fully saturated rings. The highest BCUT2D eigenvalue weighted by Crippen LogP contribution is 2.66. The van der Waals surface area contributed by atoms with Gasteiger partial charge in [0.05, 0.1) is 0 Å². The summed E-state index contributed by atoms with van der Waals surface area (Å²) in [6, 6.07) is 0. The molecule has 0 aromatic rings. The highest BCUT2D eigenvalue weighted by Gasteiger charge is 2.60. The Labute approximate surface area is 148 Å². The lowest BCUT2D eigenvalue weighted by Gasteiger charge is -2.63. The van der Waals surface area contributed by atoms with Crippen molar-refractivity contribution in [3.63, 3.8) is 0 Å². The van der Waals surface area contributed by atoms with Gasteiger partial charge in [-0.25, -0.2) is 0 Å². The van der Waals surface area contributed by atoms with E-state index in [-0.39, 0.29) is 0 Å². The zero-order valence-electron chi connectivity index (χ0n) is 16.1. The molecule has 0 amide bonds. The van der Waals surface area contributed by atoms with E-state index in [1.807, 2.05) is 0 Å². The molecule has 0 saturated heterocycles. The maximum atomic E-state index is 12.9. The lowest BCUT2D eigenvalue weighted by molar-refractivity contribution is -0.162. The van der Waals surface area contributed by atoms with Crippen LogP contribution in [0, 0.1) is 40.4 Å². The van der Waals surface area contributed by atoms with Crippen molar-refractivity contribution in [2.45, 2.75) is 85.0 Å². The predicted octanol–water partition coefficient (Wildman–Crippen LogP) is 6.18. The summed E-state index contributed by atoms with van der Waals surface area (Å²) in [6.07, 6.45) is 12.8. The van der Waals surface area contributed by atoms with Crippen molar-refractivity contribution in [1.82, 2.24) is 0 Å². The Morgan fingerprint density at radius 2 is 1.79 bits per heavy atom. The Hall–Kier alpha value is -0.590. The zero-order valence-corrected chi connectivity index (χ0v) is 16.1. The summed E-state index contributed by atoms with van der Waals surface area (Å²) < 4.78 is 0. The van der Waals surface area contributed by atoms with Gasteiger partial charge >= 0.3 is 0 Å². The number of fused-ring (bicyclic) bond motifs is 5. The summed E-state index contributed by atoms with van der Waals surface area (Å²) in [7, 11) is 0. The number of ketones is 1. The fourth-order valence-corrected chi connectivity index (χ4v) is 7.66. The molecule has 4 saturated carbocycles. The first kappa shape index (κ1) is 16.9. The molecule has 0 aromatic carbocycles. The normalized spacial score (nSPS) is 51.3. The lowest BCUT2D eigenvalue weighted by Crippen LogP contribution is -2.57. The van der Waals surface area contributed by atoms with Crippen LogP contribution >= 0.6 is 0 Å². The van der Waals surface area contributed by atoms with Gasteiger partial charge in [-0.05, 0) is 99.2 Å². The minimum absolute atomic E-state index is 0.314. The summed E-state index contributed by atoms with van der Waals surface area (Å²) in [6.45, 7) is 11.5. The minimum Gasteiger partial charge on any atom is -0.299 e. The Bertz CT molecular complexity index is 548. The standard InChI is InChI=1S/C23H36O/c1-15(2)17-8-7-16-9-10-18-21-20(24)6-5-11-22(21,3)12-13-23(18,4)19(16)14-17/h16-19,21H,1,5-14H2,2-4H3/t16-,17+,18+,19+,21-,22-,23+/m1/s1. The van der Waals surface area contributed by atoms with Crippen molar-refractivity contribution in [3.8, 4) is 0 Å². The Morgan fingerprint density at radius 1 is 1.04 bits per heavy atom. The summed E-state index contributed by atoms with van der Waals surface area (Å²) in [5.74, 6) is 4.14. The van der Waals surface area contributed by atoms with Crippen LogP contribution < -0.4 is 0 Å². The fourth-order valence-electron chi connectivity index (χ4n) is 7.66. The van der Waals surface area contributed by atoms with Gasteiger partial charge in [-0.15, -0.1) is 0 Å². The quantitative estimate of drug-likeness (QED) is 0.525. The van der Waals surface area contributed by atoms with Crippen LogP contribution in [0.3, 0.4) is 0 Å². The third-order valence-electron chi connectivity index (χ3n) is 9.14. The molecule has 0 aromatic heterocycles. The SMILES string of the molecule is C=C(C)[C@H]1CC[C@@H]2CC[C@H]3[C@@H]4C(=O)CCC[C@]4(C)CC[C@]3(C)[C@H]2C1. The number of carbonyl (C=O) groups is 1. The van der Waals surface area contributed by atoms with Crippen LogP contribution in [-0.4, -0.2) is 5.78 Å². The topological polar surface area (TPSA) is 17.1 Å². The van der Waals surface area contributed by atoms with E-state index in [0.29, 0.717) is 28.4 Å².